The molecule has 1 aliphatic rings. The summed E-state index contributed by atoms with van der Waals surface area (Å²) in [6.07, 6.45) is 2.53. The molecule has 39 heavy (non-hydrogen) atoms. The number of ether oxygens (including phenoxy) is 4. The number of nitrogens with zero attached hydrogens (tertiary/aromatic N) is 1. The number of carbonyl (C=O) groups is 2. The summed E-state index contributed by atoms with van der Waals surface area (Å²) in [5.74, 6) is -0.597. The molecule has 0 spiro atoms. The molecule has 0 fully saturated rings. The molecule has 0 radical (unpaired) electrons. The van der Waals surface area contributed by atoms with Gasteiger partial charge in [0.15, 0.2) is 0 Å². The van der Waals surface area contributed by atoms with E-state index >= 15 is 0 Å². The molecule has 2 aromatic carbocycles. The number of carbonyl (C=O) groups excluding carboxylic acids is 2. The van der Waals surface area contributed by atoms with Crippen LogP contribution in [0.25, 0.3) is 0 Å². The number of rotatable bonds is 18. The van der Waals surface area contributed by atoms with E-state index in [9.17, 15) is 9.59 Å². The number of benzene rings is 2. The Balaban J connectivity index is 1.27. The van der Waals surface area contributed by atoms with Gasteiger partial charge in [-0.15, -0.1) is 0 Å². The molecular weight excluding hydrogens is 514 g/mol. The summed E-state index contributed by atoms with van der Waals surface area (Å²) in [4.78, 5) is 24.0. The highest BCUT2D eigenvalue weighted by atomic mass is 28.4. The predicted molar refractivity (Wildman–Crippen MR) is 153 cm³/mol. The zero-order valence-electron chi connectivity index (χ0n) is 23.3. The molecule has 1 heterocycles. The maximum Gasteiger partial charge on any atom is 0.261 e. The first-order valence-corrected chi connectivity index (χ1v) is 15.4. The molecule has 2 aromatic rings. The average Bonchev–Trinajstić information content (AvgIpc) is 3.25. The van der Waals surface area contributed by atoms with Crippen molar-refractivity contribution in [1.29, 1.82) is 0 Å². The van der Waals surface area contributed by atoms with Gasteiger partial charge < -0.3 is 23.4 Å². The molecule has 0 bridgehead atoms. The van der Waals surface area contributed by atoms with Gasteiger partial charge in [0.1, 0.15) is 0 Å². The van der Waals surface area contributed by atoms with Gasteiger partial charge in [-0.3, -0.25) is 14.5 Å². The Morgan fingerprint density at radius 1 is 0.590 bits per heavy atom. The molecular formula is C30H41NO7Si. The minimum Gasteiger partial charge on any atom is -0.405 e. The fourth-order valence-electron chi connectivity index (χ4n) is 4.58. The minimum atomic E-state index is -2.54. The van der Waals surface area contributed by atoms with E-state index in [1.54, 1.807) is 0 Å². The predicted octanol–water partition coefficient (Wildman–Crippen LogP) is 2.55. The largest absolute Gasteiger partial charge is 0.405 e. The molecule has 0 atom stereocenters. The summed E-state index contributed by atoms with van der Waals surface area (Å²) in [7, 11) is -2.54. The van der Waals surface area contributed by atoms with Crippen LogP contribution in [0.3, 0.4) is 0 Å². The van der Waals surface area contributed by atoms with Crippen molar-refractivity contribution < 1.29 is 33.0 Å². The molecule has 0 aliphatic carbocycles. The summed E-state index contributed by atoms with van der Waals surface area (Å²) in [5.41, 5.74) is 0. The molecule has 9 heteroatoms. The van der Waals surface area contributed by atoms with Crippen LogP contribution in [0.15, 0.2) is 72.8 Å². The number of amides is 2. The van der Waals surface area contributed by atoms with Gasteiger partial charge in [-0.1, -0.05) is 81.4 Å². The van der Waals surface area contributed by atoms with Gasteiger partial charge in [0.25, 0.3) is 20.1 Å². The summed E-state index contributed by atoms with van der Waals surface area (Å²) >= 11 is 0. The van der Waals surface area contributed by atoms with Crippen molar-refractivity contribution in [3.63, 3.8) is 0 Å². The van der Waals surface area contributed by atoms with Crippen molar-refractivity contribution in [2.45, 2.75) is 25.8 Å². The molecule has 2 amide bonds. The standard InChI is InChI=1S/C30H41NO7Si/c1-30(2,3)39(26-10-6-4-7-11-26,27-12-8-5-9-13-27)38-25-24-37-23-22-36-21-20-35-19-18-34-17-16-31-28(32)14-15-29(31)33/h4-15H,16-25H2,1-3H3. The summed E-state index contributed by atoms with van der Waals surface area (Å²) in [6, 6.07) is 21.2. The van der Waals surface area contributed by atoms with Gasteiger partial charge in [0, 0.05) is 12.2 Å². The highest BCUT2D eigenvalue weighted by Crippen LogP contribution is 2.36. The van der Waals surface area contributed by atoms with E-state index < -0.39 is 8.32 Å². The van der Waals surface area contributed by atoms with Gasteiger partial charge in [-0.25, -0.2) is 0 Å². The zero-order valence-corrected chi connectivity index (χ0v) is 24.3. The first kappa shape index (κ1) is 30.9. The summed E-state index contributed by atoms with van der Waals surface area (Å²) < 4.78 is 29.1. The van der Waals surface area contributed by atoms with Gasteiger partial charge in [-0.05, 0) is 15.4 Å². The third kappa shape index (κ3) is 8.92. The first-order chi connectivity index (χ1) is 18.9. The van der Waals surface area contributed by atoms with Crippen LogP contribution in [0.2, 0.25) is 5.04 Å². The molecule has 0 aromatic heterocycles. The third-order valence-corrected chi connectivity index (χ3v) is 11.5. The molecule has 0 N–H and O–H groups in total. The van der Waals surface area contributed by atoms with E-state index in [4.69, 9.17) is 23.4 Å². The fraction of sp³-hybridized carbons (Fsp3) is 0.467. The van der Waals surface area contributed by atoms with Crippen LogP contribution < -0.4 is 10.4 Å². The summed E-state index contributed by atoms with van der Waals surface area (Å²) in [6.45, 7) is 11.0. The van der Waals surface area contributed by atoms with Gasteiger partial charge in [-0.2, -0.15) is 0 Å². The van der Waals surface area contributed by atoms with Crippen molar-refractivity contribution in [3.8, 4) is 0 Å². The number of hydrogen-bond donors (Lipinski definition) is 0. The Morgan fingerprint density at radius 2 is 0.974 bits per heavy atom. The highest BCUT2D eigenvalue weighted by Gasteiger charge is 2.50. The van der Waals surface area contributed by atoms with Gasteiger partial charge >= 0.3 is 0 Å². The van der Waals surface area contributed by atoms with Crippen LogP contribution in [0.5, 0.6) is 0 Å². The Labute approximate surface area is 233 Å². The molecule has 212 valence electrons. The lowest BCUT2D eigenvalue weighted by molar-refractivity contribution is -0.137. The SMILES string of the molecule is CC(C)(C)[Si](OCCOCCOCCOCCOCCN1C(=O)C=CC1=O)(c1ccccc1)c1ccccc1. The van der Waals surface area contributed by atoms with E-state index in [0.717, 1.165) is 4.90 Å². The molecule has 1 aliphatic heterocycles. The van der Waals surface area contributed by atoms with Crippen LogP contribution in [0.4, 0.5) is 0 Å². The molecule has 0 saturated heterocycles. The molecule has 3 rings (SSSR count). The van der Waals surface area contributed by atoms with Crippen molar-refractivity contribution in [1.82, 2.24) is 4.90 Å². The summed E-state index contributed by atoms with van der Waals surface area (Å²) in [5, 5.41) is 2.45. The van der Waals surface area contributed by atoms with Crippen LogP contribution >= 0.6 is 0 Å². The first-order valence-electron chi connectivity index (χ1n) is 13.5. The topological polar surface area (TPSA) is 83.5 Å². The average molecular weight is 556 g/mol. The van der Waals surface area contributed by atoms with E-state index in [2.05, 4.69) is 69.3 Å². The van der Waals surface area contributed by atoms with Crippen LogP contribution in [-0.4, -0.2) is 91.0 Å². The molecule has 0 saturated carbocycles. The Hall–Kier alpha value is -2.66. The van der Waals surface area contributed by atoms with Crippen molar-refractivity contribution in [2.75, 3.05) is 66.0 Å². The normalized spacial score (nSPS) is 14.0. The second-order valence-electron chi connectivity index (χ2n) is 10.1. The maximum atomic E-state index is 11.4. The minimum absolute atomic E-state index is 0.0622. The van der Waals surface area contributed by atoms with Crippen LogP contribution in [-0.2, 0) is 33.0 Å². The lowest BCUT2D eigenvalue weighted by atomic mass is 10.2. The second kappa shape index (κ2) is 15.8. The Kier molecular flexibility index (Phi) is 12.5. The fourth-order valence-corrected chi connectivity index (χ4v) is 9.13. The zero-order chi connectivity index (χ0) is 28.0. The monoisotopic (exact) mass is 555 g/mol. The van der Waals surface area contributed by atoms with Gasteiger partial charge in [0.2, 0.25) is 0 Å². The number of imide groups is 1. The smallest absolute Gasteiger partial charge is 0.261 e. The Bertz CT molecular complexity index is 983. The third-order valence-electron chi connectivity index (χ3n) is 6.44. The van der Waals surface area contributed by atoms with E-state index in [1.165, 1.54) is 22.5 Å². The lowest BCUT2D eigenvalue weighted by Crippen LogP contribution is -2.66. The van der Waals surface area contributed by atoms with Crippen molar-refractivity contribution in [2.24, 2.45) is 0 Å². The molecule has 0 unspecified atom stereocenters. The van der Waals surface area contributed by atoms with E-state index in [-0.39, 0.29) is 30.0 Å². The Morgan fingerprint density at radius 3 is 1.38 bits per heavy atom. The van der Waals surface area contributed by atoms with Crippen molar-refractivity contribution in [3.05, 3.63) is 72.8 Å². The number of hydrogen-bond acceptors (Lipinski definition) is 7. The highest BCUT2D eigenvalue weighted by molar-refractivity contribution is 6.99. The maximum absolute atomic E-state index is 11.4. The quantitative estimate of drug-likeness (QED) is 0.159. The van der Waals surface area contributed by atoms with Gasteiger partial charge in [0.05, 0.1) is 66.0 Å². The second-order valence-corrected chi connectivity index (χ2v) is 14.4. The van der Waals surface area contributed by atoms with Crippen molar-refractivity contribution >= 4 is 30.5 Å². The van der Waals surface area contributed by atoms with Crippen LogP contribution in [0.1, 0.15) is 20.8 Å². The molecule has 8 nitrogen and oxygen atoms in total. The van der Waals surface area contributed by atoms with E-state index in [0.29, 0.717) is 52.9 Å². The lowest BCUT2D eigenvalue weighted by Gasteiger charge is -2.43. The van der Waals surface area contributed by atoms with Crippen LogP contribution in [0, 0.1) is 0 Å². The van der Waals surface area contributed by atoms with E-state index in [1.807, 2.05) is 12.1 Å².